The van der Waals surface area contributed by atoms with Crippen LogP contribution in [-0.2, 0) is 4.79 Å². The van der Waals surface area contributed by atoms with Crippen molar-refractivity contribution in [3.05, 3.63) is 34.9 Å². The van der Waals surface area contributed by atoms with E-state index >= 15 is 0 Å². The first kappa shape index (κ1) is 15.0. The van der Waals surface area contributed by atoms with Gasteiger partial charge in [0.1, 0.15) is 0 Å². The number of hydrogen-bond donors (Lipinski definition) is 1. The van der Waals surface area contributed by atoms with E-state index in [2.05, 4.69) is 6.92 Å². The van der Waals surface area contributed by atoms with Crippen molar-refractivity contribution in [1.82, 2.24) is 4.90 Å². The van der Waals surface area contributed by atoms with Gasteiger partial charge in [-0.1, -0.05) is 30.7 Å². The Balaban J connectivity index is 2.74. The van der Waals surface area contributed by atoms with Gasteiger partial charge in [-0.05, 0) is 24.6 Å². The van der Waals surface area contributed by atoms with Crippen LogP contribution >= 0.6 is 11.6 Å². The van der Waals surface area contributed by atoms with Crippen LogP contribution in [0.1, 0.15) is 31.7 Å². The van der Waals surface area contributed by atoms with Crippen molar-refractivity contribution < 1.29 is 4.79 Å². The van der Waals surface area contributed by atoms with Crippen LogP contribution < -0.4 is 5.73 Å². The van der Waals surface area contributed by atoms with Gasteiger partial charge < -0.3 is 10.6 Å². The SMILES string of the molecule is C[C@H](c1ccc(Cl)cc1)[C@@H](C)N(C)C(=O)CCN. The smallest absolute Gasteiger partial charge is 0.223 e. The highest BCUT2D eigenvalue weighted by molar-refractivity contribution is 6.30. The number of hydrogen-bond acceptors (Lipinski definition) is 2. The topological polar surface area (TPSA) is 46.3 Å². The van der Waals surface area contributed by atoms with Gasteiger partial charge in [0.15, 0.2) is 0 Å². The predicted molar refractivity (Wildman–Crippen MR) is 75.8 cm³/mol. The van der Waals surface area contributed by atoms with Gasteiger partial charge in [0.05, 0.1) is 0 Å². The van der Waals surface area contributed by atoms with Crippen molar-refractivity contribution in [2.75, 3.05) is 13.6 Å². The summed E-state index contributed by atoms with van der Waals surface area (Å²) < 4.78 is 0. The van der Waals surface area contributed by atoms with Gasteiger partial charge in [-0.15, -0.1) is 0 Å². The Bertz CT molecular complexity index is 391. The van der Waals surface area contributed by atoms with Crippen LogP contribution in [0.25, 0.3) is 0 Å². The molecule has 4 heteroatoms. The molecule has 0 saturated heterocycles. The molecule has 18 heavy (non-hydrogen) atoms. The molecule has 1 amide bonds. The number of halogens is 1. The van der Waals surface area contributed by atoms with Crippen LogP contribution in [0.5, 0.6) is 0 Å². The highest BCUT2D eigenvalue weighted by atomic mass is 35.5. The van der Waals surface area contributed by atoms with Crippen molar-refractivity contribution >= 4 is 17.5 Å². The van der Waals surface area contributed by atoms with E-state index in [4.69, 9.17) is 17.3 Å². The van der Waals surface area contributed by atoms with E-state index in [-0.39, 0.29) is 17.9 Å². The van der Waals surface area contributed by atoms with Gasteiger partial charge in [-0.2, -0.15) is 0 Å². The number of likely N-dealkylation sites (N-methyl/N-ethyl adjacent to an activating group) is 1. The molecule has 0 aromatic heterocycles. The molecule has 2 atom stereocenters. The van der Waals surface area contributed by atoms with Crippen molar-refractivity contribution in [2.45, 2.75) is 32.2 Å². The molecule has 1 aromatic carbocycles. The largest absolute Gasteiger partial charge is 0.342 e. The van der Waals surface area contributed by atoms with E-state index in [0.29, 0.717) is 13.0 Å². The zero-order valence-corrected chi connectivity index (χ0v) is 11.9. The lowest BCUT2D eigenvalue weighted by atomic mass is 9.93. The number of nitrogens with two attached hydrogens (primary N) is 1. The van der Waals surface area contributed by atoms with Gasteiger partial charge in [0.2, 0.25) is 5.91 Å². The number of carbonyl (C=O) groups excluding carboxylic acids is 1. The number of carbonyl (C=O) groups is 1. The van der Waals surface area contributed by atoms with Crippen molar-refractivity contribution in [3.63, 3.8) is 0 Å². The van der Waals surface area contributed by atoms with Gasteiger partial charge in [0, 0.05) is 37.0 Å². The zero-order chi connectivity index (χ0) is 13.7. The Labute approximate surface area is 114 Å². The van der Waals surface area contributed by atoms with Crippen LogP contribution in [-0.4, -0.2) is 30.4 Å². The molecule has 0 radical (unpaired) electrons. The second-order valence-corrected chi connectivity index (χ2v) is 5.06. The van der Waals surface area contributed by atoms with Gasteiger partial charge >= 0.3 is 0 Å². The summed E-state index contributed by atoms with van der Waals surface area (Å²) in [5.41, 5.74) is 6.59. The van der Waals surface area contributed by atoms with Gasteiger partial charge in [-0.3, -0.25) is 4.79 Å². The van der Waals surface area contributed by atoms with E-state index in [9.17, 15) is 4.79 Å². The van der Waals surface area contributed by atoms with Crippen LogP contribution in [0, 0.1) is 0 Å². The van der Waals surface area contributed by atoms with Crippen molar-refractivity contribution in [2.24, 2.45) is 5.73 Å². The van der Waals surface area contributed by atoms with Crippen LogP contribution in [0.2, 0.25) is 5.02 Å². The van der Waals surface area contributed by atoms with E-state index in [1.165, 1.54) is 5.56 Å². The lowest BCUT2D eigenvalue weighted by Crippen LogP contribution is -2.39. The third-order valence-corrected chi connectivity index (χ3v) is 3.73. The number of amides is 1. The molecule has 3 nitrogen and oxygen atoms in total. The highest BCUT2D eigenvalue weighted by Crippen LogP contribution is 2.24. The summed E-state index contributed by atoms with van der Waals surface area (Å²) in [5.74, 6) is 0.347. The fourth-order valence-corrected chi connectivity index (χ4v) is 2.03. The second-order valence-electron chi connectivity index (χ2n) is 4.62. The molecule has 1 aromatic rings. The average Bonchev–Trinajstić information content (AvgIpc) is 2.37. The standard InChI is InChI=1S/C14H21ClN2O/c1-10(12-4-6-13(15)7-5-12)11(2)17(3)14(18)8-9-16/h4-7,10-11H,8-9,16H2,1-3H3/t10-,11+/m0/s1. The van der Waals surface area contributed by atoms with Crippen molar-refractivity contribution in [1.29, 1.82) is 0 Å². The number of nitrogens with zero attached hydrogens (tertiary/aromatic N) is 1. The fourth-order valence-electron chi connectivity index (χ4n) is 1.91. The lowest BCUT2D eigenvalue weighted by molar-refractivity contribution is -0.131. The molecule has 1 rings (SSSR count). The summed E-state index contributed by atoms with van der Waals surface area (Å²) in [4.78, 5) is 13.6. The molecule has 0 fully saturated rings. The third-order valence-electron chi connectivity index (χ3n) is 3.48. The molecule has 0 saturated carbocycles. The molecule has 0 spiro atoms. The monoisotopic (exact) mass is 268 g/mol. The quantitative estimate of drug-likeness (QED) is 0.892. The summed E-state index contributed by atoms with van der Waals surface area (Å²) in [6, 6.07) is 7.89. The minimum atomic E-state index is 0.0887. The molecule has 0 aliphatic carbocycles. The molecule has 100 valence electrons. The Hall–Kier alpha value is -1.06. The molecular formula is C14H21ClN2O. The van der Waals surface area contributed by atoms with E-state index in [0.717, 1.165) is 5.02 Å². The average molecular weight is 269 g/mol. The maximum Gasteiger partial charge on any atom is 0.223 e. The van der Waals surface area contributed by atoms with Crippen LogP contribution in [0.3, 0.4) is 0 Å². The minimum absolute atomic E-state index is 0.0887. The summed E-state index contributed by atoms with van der Waals surface area (Å²) >= 11 is 5.87. The summed E-state index contributed by atoms with van der Waals surface area (Å²) in [5, 5.41) is 0.728. The molecule has 0 bridgehead atoms. The third kappa shape index (κ3) is 3.72. The maximum absolute atomic E-state index is 11.8. The molecule has 0 heterocycles. The molecule has 0 aliphatic heterocycles. The predicted octanol–water partition coefficient (Wildman–Crippen LogP) is 2.64. The Morgan fingerprint density at radius 3 is 2.39 bits per heavy atom. The van der Waals surface area contributed by atoms with Gasteiger partial charge in [-0.25, -0.2) is 0 Å². The lowest BCUT2D eigenvalue weighted by Gasteiger charge is -2.30. The maximum atomic E-state index is 11.8. The number of rotatable bonds is 5. The van der Waals surface area contributed by atoms with E-state index in [1.807, 2.05) is 38.2 Å². The molecule has 0 aliphatic rings. The van der Waals surface area contributed by atoms with E-state index in [1.54, 1.807) is 4.90 Å². The molecule has 0 unspecified atom stereocenters. The normalized spacial score (nSPS) is 14.1. The fraction of sp³-hybridized carbons (Fsp3) is 0.500. The van der Waals surface area contributed by atoms with Gasteiger partial charge in [0.25, 0.3) is 0 Å². The van der Waals surface area contributed by atoms with Crippen molar-refractivity contribution in [3.8, 4) is 0 Å². The van der Waals surface area contributed by atoms with E-state index < -0.39 is 0 Å². The zero-order valence-electron chi connectivity index (χ0n) is 11.2. The Morgan fingerprint density at radius 1 is 1.33 bits per heavy atom. The van der Waals surface area contributed by atoms with Crippen LogP contribution in [0.4, 0.5) is 0 Å². The molecule has 2 N–H and O–H groups in total. The Morgan fingerprint density at radius 2 is 1.89 bits per heavy atom. The highest BCUT2D eigenvalue weighted by Gasteiger charge is 2.21. The summed E-state index contributed by atoms with van der Waals surface area (Å²) in [6.45, 7) is 4.55. The van der Waals surface area contributed by atoms with Crippen LogP contribution in [0.15, 0.2) is 24.3 Å². The second kappa shape index (κ2) is 6.76. The Kier molecular flexibility index (Phi) is 5.63. The first-order chi connectivity index (χ1) is 8.47. The summed E-state index contributed by atoms with van der Waals surface area (Å²) in [7, 11) is 1.83. The number of benzene rings is 1. The first-order valence-electron chi connectivity index (χ1n) is 6.18. The minimum Gasteiger partial charge on any atom is -0.342 e. The summed E-state index contributed by atoms with van der Waals surface area (Å²) in [6.07, 6.45) is 0.397. The first-order valence-corrected chi connectivity index (χ1v) is 6.56. The molecular weight excluding hydrogens is 248 g/mol.